The third-order valence-electron chi connectivity index (χ3n) is 6.26. The number of rotatable bonds is 5. The van der Waals surface area contributed by atoms with Crippen LogP contribution in [0, 0.1) is 13.8 Å². The van der Waals surface area contributed by atoms with Crippen LogP contribution in [-0.4, -0.2) is 35.6 Å². The maximum atomic E-state index is 13.5. The summed E-state index contributed by atoms with van der Waals surface area (Å²) in [6.45, 7) is 3.80. The maximum Gasteiger partial charge on any atom is 0.281 e. The van der Waals surface area contributed by atoms with Crippen molar-refractivity contribution in [2.45, 2.75) is 23.8 Å². The van der Waals surface area contributed by atoms with E-state index in [4.69, 9.17) is 17.3 Å². The molecule has 0 aliphatic carbocycles. The molecule has 1 amide bonds. The van der Waals surface area contributed by atoms with Gasteiger partial charge in [-0.1, -0.05) is 48.2 Å². The van der Waals surface area contributed by atoms with Crippen molar-refractivity contribution in [2.24, 2.45) is 7.05 Å². The first-order valence-corrected chi connectivity index (χ1v) is 13.2. The largest absolute Gasteiger partial charge is 0.327 e. The summed E-state index contributed by atoms with van der Waals surface area (Å²) >= 11 is 7.12. The standard InChI is InChI=1S/C28H23N7OS2/c1-17-21(15-22-26(36)34(28(37)30-22)23-16-33(3)31-18(23)2)27(35(32-17)20-11-5-4-6-12-20)38-24-13-7-9-19-10-8-14-29-25(19)24/h4-16H,1-3H3,(H,30,37)/b22-15+. The number of thiocarbonyl (C=S) groups is 1. The molecule has 6 rings (SSSR count). The topological polar surface area (TPSA) is 80.9 Å². The molecule has 1 N–H and O–H groups in total. The van der Waals surface area contributed by atoms with Crippen LogP contribution < -0.4 is 10.2 Å². The number of benzene rings is 2. The van der Waals surface area contributed by atoms with Crippen molar-refractivity contribution in [3.05, 3.63) is 95.7 Å². The number of nitrogens with one attached hydrogen (secondary N) is 1. The number of amides is 1. The Balaban J connectivity index is 1.48. The zero-order chi connectivity index (χ0) is 26.4. The van der Waals surface area contributed by atoms with Gasteiger partial charge in [0.25, 0.3) is 5.91 Å². The smallest absolute Gasteiger partial charge is 0.281 e. The Hall–Kier alpha value is -4.28. The van der Waals surface area contributed by atoms with Crippen LogP contribution in [0.2, 0.25) is 0 Å². The minimum atomic E-state index is -0.235. The second-order valence-electron chi connectivity index (χ2n) is 8.89. The van der Waals surface area contributed by atoms with Gasteiger partial charge in [-0.25, -0.2) is 9.58 Å². The molecule has 2 aromatic carbocycles. The summed E-state index contributed by atoms with van der Waals surface area (Å²) < 4.78 is 3.58. The molecule has 188 valence electrons. The second-order valence-corrected chi connectivity index (χ2v) is 10.3. The van der Waals surface area contributed by atoms with Crippen molar-refractivity contribution >= 4 is 57.7 Å². The van der Waals surface area contributed by atoms with E-state index in [1.165, 1.54) is 4.90 Å². The molecule has 0 atom stereocenters. The lowest BCUT2D eigenvalue weighted by Crippen LogP contribution is -2.30. The van der Waals surface area contributed by atoms with Gasteiger partial charge in [-0.05, 0) is 56.4 Å². The number of aryl methyl sites for hydroxylation is 3. The number of hydrogen-bond donors (Lipinski definition) is 1. The van der Waals surface area contributed by atoms with Crippen molar-refractivity contribution in [3.8, 4) is 5.69 Å². The predicted molar refractivity (Wildman–Crippen MR) is 153 cm³/mol. The van der Waals surface area contributed by atoms with Gasteiger partial charge in [-0.3, -0.25) is 14.5 Å². The molecule has 1 aliphatic heterocycles. The zero-order valence-corrected chi connectivity index (χ0v) is 22.5. The highest BCUT2D eigenvalue weighted by molar-refractivity contribution is 7.99. The highest BCUT2D eigenvalue weighted by Crippen LogP contribution is 2.38. The van der Waals surface area contributed by atoms with Crippen LogP contribution in [0.1, 0.15) is 17.0 Å². The maximum absolute atomic E-state index is 13.5. The lowest BCUT2D eigenvalue weighted by atomic mass is 10.2. The Morgan fingerprint density at radius 1 is 0.974 bits per heavy atom. The molecule has 1 saturated heterocycles. The van der Waals surface area contributed by atoms with Crippen LogP contribution in [0.25, 0.3) is 22.7 Å². The number of nitrogens with zero attached hydrogens (tertiary/aromatic N) is 6. The van der Waals surface area contributed by atoms with Crippen molar-refractivity contribution in [1.82, 2.24) is 29.9 Å². The van der Waals surface area contributed by atoms with Gasteiger partial charge in [-0.15, -0.1) is 0 Å². The molecule has 8 nitrogen and oxygen atoms in total. The lowest BCUT2D eigenvalue weighted by Gasteiger charge is -2.12. The molecule has 38 heavy (non-hydrogen) atoms. The third-order valence-corrected chi connectivity index (χ3v) is 7.68. The molecule has 0 spiro atoms. The van der Waals surface area contributed by atoms with Gasteiger partial charge < -0.3 is 5.32 Å². The number of hydrogen-bond acceptors (Lipinski definition) is 6. The van der Waals surface area contributed by atoms with E-state index in [1.807, 2.05) is 86.3 Å². The monoisotopic (exact) mass is 537 g/mol. The summed E-state index contributed by atoms with van der Waals surface area (Å²) in [5, 5.41) is 14.6. The number of carbonyl (C=O) groups is 1. The molecule has 4 heterocycles. The molecule has 0 saturated carbocycles. The Labute approximate surface area is 229 Å². The summed E-state index contributed by atoms with van der Waals surface area (Å²) in [7, 11) is 1.82. The zero-order valence-electron chi connectivity index (χ0n) is 20.9. The van der Waals surface area contributed by atoms with E-state index in [0.29, 0.717) is 16.5 Å². The molecule has 5 aromatic rings. The summed E-state index contributed by atoms with van der Waals surface area (Å²) in [6, 6.07) is 20.1. The van der Waals surface area contributed by atoms with E-state index < -0.39 is 0 Å². The van der Waals surface area contributed by atoms with E-state index in [2.05, 4.69) is 21.5 Å². The Morgan fingerprint density at radius 2 is 1.76 bits per heavy atom. The SMILES string of the molecule is Cc1nn(C)cc1N1C(=O)/C(=C\c2c(C)nn(-c3ccccc3)c2Sc2cccc3cccnc23)NC1=S. The highest BCUT2D eigenvalue weighted by atomic mass is 32.2. The minimum absolute atomic E-state index is 0.235. The molecule has 0 radical (unpaired) electrons. The Bertz CT molecular complexity index is 1750. The normalized spacial score (nSPS) is 14.6. The van der Waals surface area contributed by atoms with Crippen LogP contribution >= 0.6 is 24.0 Å². The van der Waals surface area contributed by atoms with E-state index in [0.717, 1.165) is 43.5 Å². The Kier molecular flexibility index (Phi) is 6.05. The van der Waals surface area contributed by atoms with Crippen molar-refractivity contribution in [2.75, 3.05) is 4.90 Å². The molecule has 1 fully saturated rings. The van der Waals surface area contributed by atoms with Crippen LogP contribution in [0.15, 0.2) is 88.7 Å². The van der Waals surface area contributed by atoms with E-state index in [1.54, 1.807) is 28.8 Å². The van der Waals surface area contributed by atoms with Crippen LogP contribution in [0.4, 0.5) is 5.69 Å². The van der Waals surface area contributed by atoms with E-state index >= 15 is 0 Å². The molecule has 3 aromatic heterocycles. The predicted octanol–water partition coefficient (Wildman–Crippen LogP) is 5.18. The molecule has 0 bridgehead atoms. The molecular weight excluding hydrogens is 514 g/mol. The van der Waals surface area contributed by atoms with Gasteiger partial charge in [0, 0.05) is 35.3 Å². The van der Waals surface area contributed by atoms with Crippen molar-refractivity contribution in [1.29, 1.82) is 0 Å². The number of anilines is 1. The highest BCUT2D eigenvalue weighted by Gasteiger charge is 2.34. The van der Waals surface area contributed by atoms with Crippen LogP contribution in [0.3, 0.4) is 0 Å². The average molecular weight is 538 g/mol. The van der Waals surface area contributed by atoms with Gasteiger partial charge in [0.05, 0.1) is 28.3 Å². The lowest BCUT2D eigenvalue weighted by molar-refractivity contribution is -0.113. The van der Waals surface area contributed by atoms with Gasteiger partial charge in [0.15, 0.2) is 5.11 Å². The Morgan fingerprint density at radius 3 is 2.53 bits per heavy atom. The van der Waals surface area contributed by atoms with Crippen LogP contribution in [-0.2, 0) is 11.8 Å². The van der Waals surface area contributed by atoms with E-state index in [9.17, 15) is 4.79 Å². The molecule has 10 heteroatoms. The summed E-state index contributed by atoms with van der Waals surface area (Å²) in [5.41, 5.74) is 5.21. The van der Waals surface area contributed by atoms with Gasteiger partial charge in [0.1, 0.15) is 10.7 Å². The van der Waals surface area contributed by atoms with Gasteiger partial charge in [-0.2, -0.15) is 10.2 Å². The first-order valence-electron chi connectivity index (χ1n) is 11.9. The number of carbonyl (C=O) groups excluding carboxylic acids is 1. The fraction of sp³-hybridized carbons (Fsp3) is 0.107. The number of pyridine rings is 1. The first kappa shape index (κ1) is 24.1. The average Bonchev–Trinajstić information content (AvgIpc) is 3.51. The second kappa shape index (κ2) is 9.55. The summed E-state index contributed by atoms with van der Waals surface area (Å²) in [6.07, 6.45) is 5.42. The fourth-order valence-electron chi connectivity index (χ4n) is 4.49. The summed E-state index contributed by atoms with van der Waals surface area (Å²) in [5.74, 6) is -0.235. The number of fused-ring (bicyclic) bond motifs is 1. The fourth-order valence-corrected chi connectivity index (χ4v) is 5.96. The van der Waals surface area contributed by atoms with Gasteiger partial charge in [0.2, 0.25) is 0 Å². The van der Waals surface area contributed by atoms with Crippen LogP contribution in [0.5, 0.6) is 0 Å². The molecule has 0 unspecified atom stereocenters. The van der Waals surface area contributed by atoms with Crippen molar-refractivity contribution < 1.29 is 4.79 Å². The summed E-state index contributed by atoms with van der Waals surface area (Å²) in [4.78, 5) is 20.7. The number of aromatic nitrogens is 5. The molecule has 1 aliphatic rings. The number of para-hydroxylation sites is 2. The van der Waals surface area contributed by atoms with Crippen molar-refractivity contribution in [3.63, 3.8) is 0 Å². The third kappa shape index (κ3) is 4.17. The van der Waals surface area contributed by atoms with Gasteiger partial charge >= 0.3 is 0 Å². The van der Waals surface area contributed by atoms with E-state index in [-0.39, 0.29) is 5.91 Å². The first-order chi connectivity index (χ1) is 18.4. The molecular formula is C28H23N7OS2. The minimum Gasteiger partial charge on any atom is -0.327 e. The quantitative estimate of drug-likeness (QED) is 0.244.